The topological polar surface area (TPSA) is 98.6 Å². The van der Waals surface area contributed by atoms with Gasteiger partial charge in [-0.3, -0.25) is 0 Å². The van der Waals surface area contributed by atoms with E-state index in [0.717, 1.165) is 23.8 Å². The smallest absolute Gasteiger partial charge is 0.339 e. The van der Waals surface area contributed by atoms with Crippen LogP contribution < -0.4 is 15.8 Å². The molecule has 0 aliphatic rings. The Morgan fingerprint density at radius 2 is 1.68 bits per heavy atom. The molecule has 0 bridgehead atoms. The highest BCUT2D eigenvalue weighted by molar-refractivity contribution is 14.1. The molecule has 0 aromatic heterocycles. The number of carboxylic acid groups (broad SMARTS) is 1. The summed E-state index contributed by atoms with van der Waals surface area (Å²) >= 11 is 7.08. The van der Waals surface area contributed by atoms with E-state index in [1.54, 1.807) is 12.1 Å². The summed E-state index contributed by atoms with van der Waals surface area (Å²) in [6.45, 7) is 6.44. The molecular weight excluding hydrogens is 419 g/mol. The van der Waals surface area contributed by atoms with Gasteiger partial charge in [-0.15, -0.1) is 0 Å². The number of hydrogen-bond donors (Lipinski definition) is 3. The third kappa shape index (κ3) is 10.2. The maximum atomic E-state index is 10.4. The Labute approximate surface area is 151 Å². The number of nitrogens with two attached hydrogens (primary N) is 2. The Balaban J connectivity index is 0. The summed E-state index contributed by atoms with van der Waals surface area (Å²) in [6.07, 6.45) is 3.29. The van der Waals surface area contributed by atoms with Crippen LogP contribution in [0, 0.1) is 0 Å². The lowest BCUT2D eigenvalue weighted by atomic mass is 9.92. The first-order valence-corrected chi connectivity index (χ1v) is 8.84. The number of para-hydroxylation sites is 1. The van der Waals surface area contributed by atoms with Gasteiger partial charge < -0.3 is 20.9 Å². The van der Waals surface area contributed by atoms with E-state index in [9.17, 15) is 4.79 Å². The van der Waals surface area contributed by atoms with Crippen molar-refractivity contribution in [1.29, 1.82) is 0 Å². The zero-order chi connectivity index (χ0) is 17.6. The minimum atomic E-state index is -1.05. The van der Waals surface area contributed by atoms with Gasteiger partial charge in [0.05, 0.1) is 0 Å². The molecule has 128 valence electrons. The van der Waals surface area contributed by atoms with E-state index >= 15 is 0 Å². The molecular formula is C15H26ClIN2O3. The lowest BCUT2D eigenvalue weighted by Crippen LogP contribution is -2.37. The maximum Gasteiger partial charge on any atom is 0.339 e. The highest BCUT2D eigenvalue weighted by atomic mass is 127. The fourth-order valence-corrected chi connectivity index (χ4v) is 1.60. The molecule has 0 heterocycles. The average molecular weight is 445 g/mol. The van der Waals surface area contributed by atoms with Crippen molar-refractivity contribution >= 4 is 40.4 Å². The maximum absolute atomic E-state index is 10.4. The molecule has 0 fully saturated rings. The summed E-state index contributed by atoms with van der Waals surface area (Å²) in [5, 5.41) is 8.56. The van der Waals surface area contributed by atoms with Gasteiger partial charge in [-0.2, -0.15) is 0 Å². The first-order chi connectivity index (χ1) is 10.3. The molecule has 22 heavy (non-hydrogen) atoms. The Hall–Kier alpha value is -0.570. The second kappa shape index (κ2) is 14.0. The summed E-state index contributed by atoms with van der Waals surface area (Å²) in [5.41, 5.74) is 10.9. The monoisotopic (exact) mass is 444 g/mol. The van der Waals surface area contributed by atoms with Crippen LogP contribution in [0.3, 0.4) is 0 Å². The molecule has 0 atom stereocenters. The van der Waals surface area contributed by atoms with Crippen molar-refractivity contribution < 1.29 is 14.2 Å². The van der Waals surface area contributed by atoms with Crippen LogP contribution in [0.1, 0.15) is 50.4 Å². The highest BCUT2D eigenvalue weighted by Crippen LogP contribution is 2.18. The molecule has 0 unspecified atom stereocenters. The van der Waals surface area contributed by atoms with E-state index in [2.05, 4.69) is 47.7 Å². The molecule has 7 heteroatoms. The quantitative estimate of drug-likeness (QED) is 0.360. The number of carbonyl (C=O) groups is 1. The number of rotatable bonds is 5. The minimum absolute atomic E-state index is 0.0579. The highest BCUT2D eigenvalue weighted by Gasteiger charge is 2.15. The standard InChI is InChI=1S/C7H5ClO3.C7H17N.CH4IN/c8-11-6-4-2-1-3-5(6)7(9)10;1-4-7(8,5-2)6-3;2-1-3/h1-4H,(H,9,10);4-6,8H2,1-3H3;1,3H2. The largest absolute Gasteiger partial charge is 0.478 e. The number of hydrogen-bond acceptors (Lipinski definition) is 4. The molecule has 1 rings (SSSR count). The molecule has 0 aliphatic carbocycles. The van der Waals surface area contributed by atoms with Crippen molar-refractivity contribution in [2.75, 3.05) is 4.55 Å². The number of carboxylic acids is 1. The van der Waals surface area contributed by atoms with Crippen LogP contribution in [-0.4, -0.2) is 21.2 Å². The number of benzene rings is 1. The van der Waals surface area contributed by atoms with Crippen LogP contribution in [0.25, 0.3) is 0 Å². The Kier molecular flexibility index (Phi) is 15.1. The van der Waals surface area contributed by atoms with Crippen LogP contribution in [-0.2, 0) is 0 Å². The van der Waals surface area contributed by atoms with Gasteiger partial charge in [0.15, 0.2) is 5.75 Å². The normalized spacial score (nSPS) is 9.77. The van der Waals surface area contributed by atoms with Gasteiger partial charge in [0.2, 0.25) is 0 Å². The summed E-state index contributed by atoms with van der Waals surface area (Å²) in [5.74, 6) is -0.900. The third-order valence-corrected chi connectivity index (χ3v) is 3.48. The Morgan fingerprint density at radius 1 is 1.27 bits per heavy atom. The lowest BCUT2D eigenvalue weighted by molar-refractivity contribution is 0.0695. The first kappa shape index (κ1) is 23.7. The van der Waals surface area contributed by atoms with E-state index in [-0.39, 0.29) is 16.9 Å². The van der Waals surface area contributed by atoms with Crippen molar-refractivity contribution in [2.45, 2.75) is 45.6 Å². The minimum Gasteiger partial charge on any atom is -0.478 e. The van der Waals surface area contributed by atoms with Crippen LogP contribution in [0.5, 0.6) is 5.75 Å². The van der Waals surface area contributed by atoms with E-state index < -0.39 is 5.97 Å². The first-order valence-electron chi connectivity index (χ1n) is 7.01. The fourth-order valence-electron chi connectivity index (χ4n) is 1.46. The molecule has 1 aromatic rings. The molecule has 5 nitrogen and oxygen atoms in total. The van der Waals surface area contributed by atoms with Gasteiger partial charge >= 0.3 is 5.97 Å². The third-order valence-electron chi connectivity index (χ3n) is 3.31. The van der Waals surface area contributed by atoms with Gasteiger partial charge in [-0.05, 0) is 31.4 Å². The van der Waals surface area contributed by atoms with Gasteiger partial charge in [0, 0.05) is 10.1 Å². The molecule has 0 saturated carbocycles. The lowest BCUT2D eigenvalue weighted by Gasteiger charge is -2.23. The molecule has 0 radical (unpaired) electrons. The second-order valence-electron chi connectivity index (χ2n) is 4.46. The second-order valence-corrected chi connectivity index (χ2v) is 5.49. The average Bonchev–Trinajstić information content (AvgIpc) is 2.55. The van der Waals surface area contributed by atoms with Gasteiger partial charge in [0.1, 0.15) is 17.4 Å². The SMILES string of the molecule is CCC(N)(CC)CC.NCI.O=C(O)c1ccccc1OCl. The summed E-state index contributed by atoms with van der Waals surface area (Å²) in [4.78, 5) is 10.4. The van der Waals surface area contributed by atoms with Gasteiger partial charge in [-0.1, -0.05) is 55.5 Å². The molecule has 1 aromatic carbocycles. The van der Waals surface area contributed by atoms with E-state index in [1.807, 2.05) is 0 Å². The Bertz CT molecular complexity index is 407. The van der Waals surface area contributed by atoms with Crippen molar-refractivity contribution in [3.8, 4) is 5.75 Å². The summed E-state index contributed by atoms with van der Waals surface area (Å²) < 4.78 is 5.02. The van der Waals surface area contributed by atoms with Crippen LogP contribution >= 0.6 is 34.5 Å². The van der Waals surface area contributed by atoms with Crippen LogP contribution in [0.2, 0.25) is 0 Å². The molecule has 0 amide bonds. The molecule has 0 saturated heterocycles. The van der Waals surface area contributed by atoms with Crippen molar-refractivity contribution in [1.82, 2.24) is 0 Å². The van der Waals surface area contributed by atoms with Gasteiger partial charge in [0.25, 0.3) is 0 Å². The molecule has 5 N–H and O–H groups in total. The van der Waals surface area contributed by atoms with Crippen molar-refractivity contribution in [3.63, 3.8) is 0 Å². The fraction of sp³-hybridized carbons (Fsp3) is 0.533. The van der Waals surface area contributed by atoms with E-state index in [1.165, 1.54) is 12.1 Å². The molecule has 0 aliphatic heterocycles. The number of halogens is 2. The van der Waals surface area contributed by atoms with Crippen LogP contribution in [0.15, 0.2) is 24.3 Å². The Morgan fingerprint density at radius 3 is 1.91 bits per heavy atom. The van der Waals surface area contributed by atoms with Gasteiger partial charge in [-0.25, -0.2) is 4.79 Å². The molecule has 0 spiro atoms. The van der Waals surface area contributed by atoms with Crippen molar-refractivity contribution in [2.24, 2.45) is 11.5 Å². The van der Waals surface area contributed by atoms with Crippen molar-refractivity contribution in [3.05, 3.63) is 29.8 Å². The number of aromatic carboxylic acids is 1. The van der Waals surface area contributed by atoms with E-state index in [0.29, 0.717) is 0 Å². The zero-order valence-electron chi connectivity index (χ0n) is 13.3. The van der Waals surface area contributed by atoms with E-state index in [4.69, 9.17) is 28.4 Å². The predicted octanol–water partition coefficient (Wildman–Crippen LogP) is 4.17. The summed E-state index contributed by atoms with van der Waals surface area (Å²) in [6, 6.07) is 6.14. The summed E-state index contributed by atoms with van der Waals surface area (Å²) in [7, 11) is 0. The van der Waals surface area contributed by atoms with Crippen LogP contribution in [0.4, 0.5) is 0 Å². The predicted molar refractivity (Wildman–Crippen MR) is 101 cm³/mol. The zero-order valence-corrected chi connectivity index (χ0v) is 16.2. The number of alkyl halides is 1.